The van der Waals surface area contributed by atoms with Crippen LogP contribution in [0, 0.1) is 5.41 Å². The fraction of sp³-hybridized carbons (Fsp3) is 1.00. The van der Waals surface area contributed by atoms with Crippen molar-refractivity contribution in [1.29, 1.82) is 0 Å². The van der Waals surface area contributed by atoms with E-state index in [0.29, 0.717) is 18.1 Å². The molecule has 15 heavy (non-hydrogen) atoms. The van der Waals surface area contributed by atoms with Crippen LogP contribution in [0.4, 0.5) is 0 Å². The standard InChI is InChI=1S/C12H25N2O/c1-14(2,3)13-8-7-12(5-4-6-12)9-11(13)10-15/h11,15H,4-10H2,1-3H3/q+1. The van der Waals surface area contributed by atoms with E-state index in [0.717, 1.165) is 11.1 Å². The molecule has 3 heteroatoms. The zero-order chi connectivity index (χ0) is 11.1. The number of aliphatic hydroxyl groups excluding tert-OH is 1. The molecule has 1 aliphatic carbocycles. The van der Waals surface area contributed by atoms with Gasteiger partial charge in [-0.05, 0) is 31.1 Å². The van der Waals surface area contributed by atoms with Gasteiger partial charge in [0.2, 0.25) is 0 Å². The van der Waals surface area contributed by atoms with Gasteiger partial charge in [0.1, 0.15) is 0 Å². The van der Waals surface area contributed by atoms with Crippen LogP contribution in [0.25, 0.3) is 0 Å². The second kappa shape index (κ2) is 3.72. The maximum atomic E-state index is 9.52. The molecule has 2 rings (SSSR count). The molecule has 3 nitrogen and oxygen atoms in total. The summed E-state index contributed by atoms with van der Waals surface area (Å²) in [6.07, 6.45) is 6.74. The van der Waals surface area contributed by atoms with Gasteiger partial charge in [-0.15, -0.1) is 0 Å². The normalized spacial score (nSPS) is 31.6. The molecule has 0 aromatic rings. The lowest BCUT2D eigenvalue weighted by Gasteiger charge is -2.53. The lowest BCUT2D eigenvalue weighted by molar-refractivity contribution is -0.992. The molecular formula is C12H25N2O+. The largest absolute Gasteiger partial charge is 0.395 e. The summed E-state index contributed by atoms with van der Waals surface area (Å²) in [5.41, 5.74) is 0.610. The van der Waals surface area contributed by atoms with E-state index >= 15 is 0 Å². The zero-order valence-electron chi connectivity index (χ0n) is 10.4. The Balaban J connectivity index is 2.04. The summed E-state index contributed by atoms with van der Waals surface area (Å²) in [6.45, 7) is 1.46. The summed E-state index contributed by atoms with van der Waals surface area (Å²) >= 11 is 0. The Morgan fingerprint density at radius 1 is 1.27 bits per heavy atom. The topological polar surface area (TPSA) is 23.5 Å². The van der Waals surface area contributed by atoms with Crippen LogP contribution in [0.5, 0.6) is 0 Å². The van der Waals surface area contributed by atoms with Gasteiger partial charge in [-0.25, -0.2) is 0 Å². The minimum absolute atomic E-state index is 0.317. The van der Waals surface area contributed by atoms with Crippen LogP contribution in [0.2, 0.25) is 0 Å². The summed E-state index contributed by atoms with van der Waals surface area (Å²) in [4.78, 5) is 0. The number of aliphatic hydroxyl groups is 1. The molecule has 1 heterocycles. The maximum absolute atomic E-state index is 9.52. The molecule has 0 amide bonds. The van der Waals surface area contributed by atoms with Crippen molar-refractivity contribution in [1.82, 2.24) is 5.01 Å². The number of piperidine rings is 1. The number of hydrogen-bond donors (Lipinski definition) is 1. The fourth-order valence-electron chi connectivity index (χ4n) is 3.32. The first-order valence-electron chi connectivity index (χ1n) is 6.16. The van der Waals surface area contributed by atoms with Crippen LogP contribution in [0.3, 0.4) is 0 Å². The third-order valence-electron chi connectivity index (χ3n) is 4.36. The molecule has 0 aromatic carbocycles. The fourth-order valence-corrected chi connectivity index (χ4v) is 3.32. The number of quaternary nitrogens is 1. The highest BCUT2D eigenvalue weighted by molar-refractivity contribution is 4.94. The first-order valence-corrected chi connectivity index (χ1v) is 6.16. The highest BCUT2D eigenvalue weighted by Gasteiger charge is 2.46. The quantitative estimate of drug-likeness (QED) is 0.698. The number of nitrogens with zero attached hydrogens (tertiary/aromatic N) is 2. The lowest BCUT2D eigenvalue weighted by atomic mass is 9.62. The van der Waals surface area contributed by atoms with Crippen molar-refractivity contribution in [2.45, 2.75) is 38.1 Å². The molecule has 1 saturated heterocycles. The van der Waals surface area contributed by atoms with Crippen LogP contribution < -0.4 is 0 Å². The Morgan fingerprint density at radius 2 is 1.93 bits per heavy atom. The van der Waals surface area contributed by atoms with Crippen molar-refractivity contribution in [2.75, 3.05) is 34.3 Å². The van der Waals surface area contributed by atoms with Gasteiger partial charge in [-0.2, -0.15) is 5.01 Å². The average molecular weight is 213 g/mol. The molecule has 0 aromatic heterocycles. The van der Waals surface area contributed by atoms with Crippen molar-refractivity contribution < 1.29 is 9.70 Å². The number of rotatable bonds is 2. The Morgan fingerprint density at radius 3 is 2.33 bits per heavy atom. The van der Waals surface area contributed by atoms with E-state index in [1.807, 2.05) is 0 Å². The van der Waals surface area contributed by atoms with Crippen molar-refractivity contribution in [3.63, 3.8) is 0 Å². The molecule has 0 bridgehead atoms. The van der Waals surface area contributed by atoms with Crippen LogP contribution in [0.15, 0.2) is 0 Å². The van der Waals surface area contributed by atoms with Crippen molar-refractivity contribution >= 4 is 0 Å². The Hall–Kier alpha value is -0.120. The summed E-state index contributed by atoms with van der Waals surface area (Å²) in [7, 11) is 6.59. The van der Waals surface area contributed by atoms with Gasteiger partial charge in [-0.1, -0.05) is 6.42 Å². The summed E-state index contributed by atoms with van der Waals surface area (Å²) < 4.78 is 0.849. The van der Waals surface area contributed by atoms with Gasteiger partial charge < -0.3 is 5.11 Å². The van der Waals surface area contributed by atoms with E-state index in [-0.39, 0.29) is 0 Å². The van der Waals surface area contributed by atoms with E-state index in [1.54, 1.807) is 0 Å². The van der Waals surface area contributed by atoms with E-state index in [9.17, 15) is 5.11 Å². The predicted octanol–water partition coefficient (Wildman–Crippen LogP) is 1.23. The lowest BCUT2D eigenvalue weighted by Crippen LogP contribution is -2.62. The molecule has 1 spiro atoms. The minimum atomic E-state index is 0.317. The van der Waals surface area contributed by atoms with E-state index in [1.165, 1.54) is 32.1 Å². The third-order valence-corrected chi connectivity index (χ3v) is 4.36. The highest BCUT2D eigenvalue weighted by atomic mass is 16.3. The molecule has 2 aliphatic rings. The van der Waals surface area contributed by atoms with Gasteiger partial charge in [0.25, 0.3) is 0 Å². The zero-order valence-corrected chi connectivity index (χ0v) is 10.4. The summed E-state index contributed by atoms with van der Waals surface area (Å²) in [5.74, 6) is 0. The monoisotopic (exact) mass is 213 g/mol. The molecule has 1 atom stereocenters. The molecule has 1 aliphatic heterocycles. The predicted molar refractivity (Wildman–Crippen MR) is 61.1 cm³/mol. The van der Waals surface area contributed by atoms with E-state index in [4.69, 9.17) is 0 Å². The van der Waals surface area contributed by atoms with Crippen molar-refractivity contribution in [3.8, 4) is 0 Å². The Labute approximate surface area is 93.2 Å². The van der Waals surface area contributed by atoms with Crippen LogP contribution in [-0.4, -0.2) is 55.0 Å². The van der Waals surface area contributed by atoms with Crippen LogP contribution in [0.1, 0.15) is 32.1 Å². The van der Waals surface area contributed by atoms with Gasteiger partial charge in [0.15, 0.2) is 0 Å². The molecule has 1 N–H and O–H groups in total. The molecule has 2 fully saturated rings. The second-order valence-corrected chi connectivity index (χ2v) is 6.25. The first kappa shape index (κ1) is 11.4. The van der Waals surface area contributed by atoms with Gasteiger partial charge in [-0.3, -0.25) is 4.59 Å². The third kappa shape index (κ3) is 2.05. The summed E-state index contributed by atoms with van der Waals surface area (Å²) in [6, 6.07) is 0.374. The summed E-state index contributed by atoms with van der Waals surface area (Å²) in [5, 5.41) is 12.0. The molecule has 88 valence electrons. The molecular weight excluding hydrogens is 188 g/mol. The molecule has 0 radical (unpaired) electrons. The Bertz CT molecular complexity index is 230. The van der Waals surface area contributed by atoms with E-state index < -0.39 is 0 Å². The SMILES string of the molecule is C[N+](C)(C)N1CCC2(CCC2)CC1CO. The van der Waals surface area contributed by atoms with E-state index in [2.05, 4.69) is 26.2 Å². The smallest absolute Gasteiger partial charge is 0.0855 e. The highest BCUT2D eigenvalue weighted by Crippen LogP contribution is 2.50. The average Bonchev–Trinajstić information content (AvgIpc) is 2.13. The molecule has 1 saturated carbocycles. The van der Waals surface area contributed by atoms with Gasteiger partial charge >= 0.3 is 0 Å². The minimum Gasteiger partial charge on any atom is -0.395 e. The Kier molecular flexibility index (Phi) is 2.82. The second-order valence-electron chi connectivity index (χ2n) is 6.25. The van der Waals surface area contributed by atoms with Gasteiger partial charge in [0, 0.05) is 6.54 Å². The van der Waals surface area contributed by atoms with Crippen LogP contribution >= 0.6 is 0 Å². The van der Waals surface area contributed by atoms with Crippen molar-refractivity contribution in [2.24, 2.45) is 5.41 Å². The maximum Gasteiger partial charge on any atom is 0.0855 e. The van der Waals surface area contributed by atoms with Crippen molar-refractivity contribution in [3.05, 3.63) is 0 Å². The van der Waals surface area contributed by atoms with Gasteiger partial charge in [0.05, 0.1) is 33.8 Å². The van der Waals surface area contributed by atoms with Crippen LogP contribution in [-0.2, 0) is 0 Å². The number of hydrogen-bond acceptors (Lipinski definition) is 2. The molecule has 1 unspecified atom stereocenters. The first-order chi connectivity index (χ1) is 6.97.